The van der Waals surface area contributed by atoms with Crippen molar-refractivity contribution in [1.82, 2.24) is 9.97 Å². The molecule has 0 amide bonds. The number of aromatic nitrogens is 2. The second kappa shape index (κ2) is 10.5. The van der Waals surface area contributed by atoms with Gasteiger partial charge in [-0.15, -0.1) is 11.3 Å². The van der Waals surface area contributed by atoms with Crippen LogP contribution in [0.15, 0.2) is 158 Å². The molecule has 0 saturated carbocycles. The predicted molar refractivity (Wildman–Crippen MR) is 192 cm³/mol. The maximum Gasteiger partial charge on any atom is 0.161 e. The van der Waals surface area contributed by atoms with Gasteiger partial charge in [0.05, 0.1) is 5.69 Å². The van der Waals surface area contributed by atoms with Crippen LogP contribution in [-0.2, 0) is 0 Å². The number of hydrogen-bond acceptors (Lipinski definition) is 3. The molecule has 0 bridgehead atoms. The summed E-state index contributed by atoms with van der Waals surface area (Å²) >= 11 is 1.73. The van der Waals surface area contributed by atoms with Gasteiger partial charge in [0.2, 0.25) is 0 Å². The zero-order chi connectivity index (χ0) is 29.7. The van der Waals surface area contributed by atoms with Crippen LogP contribution >= 0.6 is 11.3 Å². The van der Waals surface area contributed by atoms with Crippen LogP contribution in [0.3, 0.4) is 0 Å². The highest BCUT2D eigenvalue weighted by molar-refractivity contribution is 7.25. The number of benzene rings is 7. The predicted octanol–water partition coefficient (Wildman–Crippen LogP) is 11.8. The van der Waals surface area contributed by atoms with Crippen LogP contribution in [0.5, 0.6) is 0 Å². The lowest BCUT2D eigenvalue weighted by Gasteiger charge is -2.12. The SMILES string of the molecule is c1ccc(-c2cccc(-c3nc(-c4ccc(-c5cc6ccccc6c6ccccc56)cc4)c4c(n3)sc3ccccc34)c2)cc1. The van der Waals surface area contributed by atoms with E-state index in [1.807, 2.05) is 6.07 Å². The van der Waals surface area contributed by atoms with Crippen molar-refractivity contribution in [2.24, 2.45) is 0 Å². The molecule has 0 fully saturated rings. The second-order valence-electron chi connectivity index (χ2n) is 11.4. The van der Waals surface area contributed by atoms with Crippen LogP contribution in [0, 0.1) is 0 Å². The molecule has 0 aliphatic rings. The van der Waals surface area contributed by atoms with Crippen molar-refractivity contribution in [3.63, 3.8) is 0 Å². The first-order valence-corrected chi connectivity index (χ1v) is 16.0. The Bertz CT molecular complexity index is 2530. The van der Waals surface area contributed by atoms with E-state index in [9.17, 15) is 0 Å². The maximum atomic E-state index is 5.29. The highest BCUT2D eigenvalue weighted by atomic mass is 32.1. The maximum absolute atomic E-state index is 5.29. The third kappa shape index (κ3) is 4.40. The van der Waals surface area contributed by atoms with Gasteiger partial charge in [0, 0.05) is 26.6 Å². The van der Waals surface area contributed by atoms with Crippen LogP contribution < -0.4 is 0 Å². The summed E-state index contributed by atoms with van der Waals surface area (Å²) in [7, 11) is 0. The normalized spacial score (nSPS) is 11.6. The molecule has 0 aliphatic heterocycles. The molecule has 9 aromatic rings. The zero-order valence-corrected chi connectivity index (χ0v) is 25.1. The molecule has 9 rings (SSSR count). The lowest BCUT2D eigenvalue weighted by atomic mass is 9.92. The van der Waals surface area contributed by atoms with Crippen LogP contribution in [0.4, 0.5) is 0 Å². The fourth-order valence-electron chi connectivity index (χ4n) is 6.53. The van der Waals surface area contributed by atoms with Crippen LogP contribution in [-0.4, -0.2) is 9.97 Å². The van der Waals surface area contributed by atoms with Gasteiger partial charge in [-0.25, -0.2) is 9.97 Å². The summed E-state index contributed by atoms with van der Waals surface area (Å²) in [6.07, 6.45) is 0. The van der Waals surface area contributed by atoms with E-state index in [0.717, 1.165) is 38.4 Å². The molecule has 0 spiro atoms. The van der Waals surface area contributed by atoms with Crippen molar-refractivity contribution in [3.05, 3.63) is 158 Å². The Morgan fingerprint density at radius 3 is 1.89 bits per heavy atom. The van der Waals surface area contributed by atoms with Gasteiger partial charge in [0.1, 0.15) is 4.83 Å². The molecular formula is C42H26N2S. The molecule has 3 heteroatoms. The number of thiophene rings is 1. The van der Waals surface area contributed by atoms with Crippen molar-refractivity contribution < 1.29 is 0 Å². The standard InChI is InChI=1S/C42H26N2S/c1-2-11-27(12-3-1)30-14-10-15-32(25-30)41-43-40(39-36-19-8-9-20-38(36)45-42(39)44-41)29-23-21-28(22-24-29)37-26-31-13-4-5-16-33(31)34-17-6-7-18-35(34)37/h1-26H. The van der Waals surface area contributed by atoms with E-state index in [-0.39, 0.29) is 0 Å². The Morgan fingerprint density at radius 1 is 0.400 bits per heavy atom. The molecule has 0 saturated heterocycles. The number of fused-ring (bicyclic) bond motifs is 6. The highest BCUT2D eigenvalue weighted by Crippen LogP contribution is 2.41. The van der Waals surface area contributed by atoms with Crippen molar-refractivity contribution in [3.8, 4) is 44.9 Å². The van der Waals surface area contributed by atoms with Crippen molar-refractivity contribution >= 4 is 53.2 Å². The average molecular weight is 591 g/mol. The summed E-state index contributed by atoms with van der Waals surface area (Å²) in [5, 5.41) is 7.38. The van der Waals surface area contributed by atoms with Crippen molar-refractivity contribution in [2.75, 3.05) is 0 Å². The molecular weight excluding hydrogens is 565 g/mol. The molecule has 2 heterocycles. The van der Waals surface area contributed by atoms with Crippen LogP contribution in [0.2, 0.25) is 0 Å². The molecule has 210 valence electrons. The van der Waals surface area contributed by atoms with Gasteiger partial charge in [-0.3, -0.25) is 0 Å². The Hall–Kier alpha value is -5.64. The fraction of sp³-hybridized carbons (Fsp3) is 0. The molecule has 45 heavy (non-hydrogen) atoms. The first kappa shape index (κ1) is 25.8. The third-order valence-electron chi connectivity index (χ3n) is 8.70. The monoisotopic (exact) mass is 590 g/mol. The number of hydrogen-bond donors (Lipinski definition) is 0. The minimum atomic E-state index is 0.742. The van der Waals surface area contributed by atoms with Crippen molar-refractivity contribution in [2.45, 2.75) is 0 Å². The zero-order valence-electron chi connectivity index (χ0n) is 24.3. The third-order valence-corrected chi connectivity index (χ3v) is 9.77. The van der Waals surface area contributed by atoms with Gasteiger partial charge in [0.25, 0.3) is 0 Å². The van der Waals surface area contributed by atoms with E-state index in [0.29, 0.717) is 0 Å². The fourth-order valence-corrected chi connectivity index (χ4v) is 7.61. The van der Waals surface area contributed by atoms with Crippen LogP contribution in [0.1, 0.15) is 0 Å². The quantitative estimate of drug-likeness (QED) is 0.191. The molecule has 0 N–H and O–H groups in total. The lowest BCUT2D eigenvalue weighted by molar-refractivity contribution is 1.24. The van der Waals surface area contributed by atoms with E-state index >= 15 is 0 Å². The molecule has 0 aliphatic carbocycles. The van der Waals surface area contributed by atoms with Gasteiger partial charge >= 0.3 is 0 Å². The van der Waals surface area contributed by atoms with Crippen molar-refractivity contribution in [1.29, 1.82) is 0 Å². The largest absolute Gasteiger partial charge is 0.227 e. The van der Waals surface area contributed by atoms with E-state index in [1.165, 1.54) is 48.3 Å². The van der Waals surface area contributed by atoms with E-state index in [2.05, 4.69) is 152 Å². The summed E-state index contributed by atoms with van der Waals surface area (Å²) in [4.78, 5) is 11.4. The first-order chi connectivity index (χ1) is 22.3. The summed E-state index contributed by atoms with van der Waals surface area (Å²) in [5.41, 5.74) is 7.82. The number of nitrogens with zero attached hydrogens (tertiary/aromatic N) is 2. The lowest BCUT2D eigenvalue weighted by Crippen LogP contribution is -1.94. The van der Waals surface area contributed by atoms with E-state index in [4.69, 9.17) is 9.97 Å². The summed E-state index contributed by atoms with van der Waals surface area (Å²) < 4.78 is 1.22. The summed E-state index contributed by atoms with van der Waals surface area (Å²) in [5.74, 6) is 0.742. The minimum absolute atomic E-state index is 0.742. The Labute approximate surface area is 264 Å². The van der Waals surface area contributed by atoms with Gasteiger partial charge in [0.15, 0.2) is 5.82 Å². The highest BCUT2D eigenvalue weighted by Gasteiger charge is 2.17. The summed E-state index contributed by atoms with van der Waals surface area (Å²) in [6.45, 7) is 0. The second-order valence-corrected chi connectivity index (χ2v) is 12.4. The molecule has 0 unspecified atom stereocenters. The molecule has 0 atom stereocenters. The molecule has 7 aromatic carbocycles. The first-order valence-electron chi connectivity index (χ1n) is 15.2. The topological polar surface area (TPSA) is 25.8 Å². The molecule has 2 aromatic heterocycles. The van der Waals surface area contributed by atoms with Gasteiger partial charge in [-0.05, 0) is 62.0 Å². The van der Waals surface area contributed by atoms with Gasteiger partial charge in [-0.1, -0.05) is 140 Å². The van der Waals surface area contributed by atoms with Gasteiger partial charge in [-0.2, -0.15) is 0 Å². The average Bonchev–Trinajstić information content (AvgIpc) is 3.50. The Balaban J connectivity index is 1.22. The molecule has 0 radical (unpaired) electrons. The Morgan fingerprint density at radius 2 is 1.04 bits per heavy atom. The smallest absolute Gasteiger partial charge is 0.161 e. The number of rotatable bonds is 4. The minimum Gasteiger partial charge on any atom is -0.227 e. The van der Waals surface area contributed by atoms with E-state index < -0.39 is 0 Å². The summed E-state index contributed by atoms with van der Waals surface area (Å²) in [6, 6.07) is 56.2. The molecule has 2 nitrogen and oxygen atoms in total. The Kier molecular flexibility index (Phi) is 6.03. The van der Waals surface area contributed by atoms with Gasteiger partial charge < -0.3 is 0 Å². The van der Waals surface area contributed by atoms with Crippen LogP contribution in [0.25, 0.3) is 86.7 Å². The van der Waals surface area contributed by atoms with E-state index in [1.54, 1.807) is 11.3 Å².